The fourth-order valence-corrected chi connectivity index (χ4v) is 4.21. The summed E-state index contributed by atoms with van der Waals surface area (Å²) in [6.07, 6.45) is 8.45. The normalized spacial score (nSPS) is 23.9. The van der Waals surface area contributed by atoms with Crippen molar-refractivity contribution in [1.82, 2.24) is 25.0 Å². The lowest BCUT2D eigenvalue weighted by atomic mass is 9.79. The fraction of sp³-hybridized carbons (Fsp3) is 0.474. The first kappa shape index (κ1) is 16.1. The van der Waals surface area contributed by atoms with Crippen LogP contribution >= 0.6 is 0 Å². The second-order valence-electron chi connectivity index (χ2n) is 7.24. The highest BCUT2D eigenvalue weighted by Crippen LogP contribution is 2.39. The first-order valence-corrected chi connectivity index (χ1v) is 8.92. The van der Waals surface area contributed by atoms with Crippen molar-refractivity contribution < 1.29 is 4.79 Å². The van der Waals surface area contributed by atoms with Crippen LogP contribution in [0.3, 0.4) is 0 Å². The molecule has 6 nitrogen and oxygen atoms in total. The lowest BCUT2D eigenvalue weighted by molar-refractivity contribution is 0.0672. The van der Waals surface area contributed by atoms with Gasteiger partial charge in [-0.15, -0.1) is 0 Å². The average molecular weight is 337 g/mol. The van der Waals surface area contributed by atoms with Crippen molar-refractivity contribution in [2.75, 3.05) is 26.2 Å². The molecule has 130 valence electrons. The molecule has 2 aromatic rings. The third-order valence-electron chi connectivity index (χ3n) is 5.41. The molecule has 4 heterocycles. The van der Waals surface area contributed by atoms with Crippen molar-refractivity contribution in [2.24, 2.45) is 5.41 Å². The molecule has 2 saturated heterocycles. The Hall–Kier alpha value is -2.34. The number of pyridine rings is 1. The molecule has 0 radical (unpaired) electrons. The molecular formula is C19H23N5O. The summed E-state index contributed by atoms with van der Waals surface area (Å²) in [5, 5.41) is 7.58. The predicted molar refractivity (Wildman–Crippen MR) is 93.7 cm³/mol. The zero-order chi connectivity index (χ0) is 17.1. The molecule has 2 fully saturated rings. The van der Waals surface area contributed by atoms with Crippen molar-refractivity contribution in [1.29, 1.82) is 0 Å². The molecule has 0 bridgehead atoms. The molecule has 4 rings (SSSR count). The molecule has 2 aromatic heterocycles. The SMILES string of the molecule is O=C(c1ccnnc1)N1CC[C@@]2(CCCN(Cc3ccccn3)C2)C1. The molecule has 0 unspecified atom stereocenters. The van der Waals surface area contributed by atoms with E-state index >= 15 is 0 Å². The van der Waals surface area contributed by atoms with Crippen LogP contribution in [0.4, 0.5) is 0 Å². The summed E-state index contributed by atoms with van der Waals surface area (Å²) in [4.78, 5) is 21.6. The highest BCUT2D eigenvalue weighted by Gasteiger charge is 2.42. The molecule has 25 heavy (non-hydrogen) atoms. The van der Waals surface area contributed by atoms with E-state index in [0.717, 1.165) is 44.8 Å². The van der Waals surface area contributed by atoms with Crippen LogP contribution in [0, 0.1) is 5.41 Å². The van der Waals surface area contributed by atoms with Crippen LogP contribution in [0.5, 0.6) is 0 Å². The first-order chi connectivity index (χ1) is 12.2. The number of amides is 1. The number of carbonyl (C=O) groups is 1. The minimum Gasteiger partial charge on any atom is -0.338 e. The van der Waals surface area contributed by atoms with E-state index in [1.165, 1.54) is 12.8 Å². The smallest absolute Gasteiger partial charge is 0.255 e. The fourth-order valence-electron chi connectivity index (χ4n) is 4.21. The quantitative estimate of drug-likeness (QED) is 0.857. The van der Waals surface area contributed by atoms with Gasteiger partial charge in [0.15, 0.2) is 0 Å². The number of rotatable bonds is 3. The van der Waals surface area contributed by atoms with Crippen LogP contribution in [0.25, 0.3) is 0 Å². The van der Waals surface area contributed by atoms with E-state index in [4.69, 9.17) is 0 Å². The third kappa shape index (κ3) is 3.54. The van der Waals surface area contributed by atoms with Gasteiger partial charge in [-0.2, -0.15) is 10.2 Å². The lowest BCUT2D eigenvalue weighted by Gasteiger charge is -2.40. The summed E-state index contributed by atoms with van der Waals surface area (Å²) in [5.41, 5.74) is 1.98. The second kappa shape index (κ2) is 6.88. The Bertz CT molecular complexity index is 723. The number of carbonyl (C=O) groups excluding carboxylic acids is 1. The van der Waals surface area contributed by atoms with E-state index in [1.807, 2.05) is 23.2 Å². The van der Waals surface area contributed by atoms with E-state index in [0.29, 0.717) is 5.56 Å². The van der Waals surface area contributed by atoms with E-state index in [-0.39, 0.29) is 11.3 Å². The predicted octanol–water partition coefficient (Wildman–Crippen LogP) is 2.00. The number of hydrogen-bond acceptors (Lipinski definition) is 5. The summed E-state index contributed by atoms with van der Waals surface area (Å²) in [6, 6.07) is 7.83. The minimum atomic E-state index is 0.0774. The Balaban J connectivity index is 1.41. The maximum absolute atomic E-state index is 12.7. The van der Waals surface area contributed by atoms with E-state index < -0.39 is 0 Å². The van der Waals surface area contributed by atoms with Gasteiger partial charge in [0.2, 0.25) is 0 Å². The van der Waals surface area contributed by atoms with Crippen LogP contribution in [-0.4, -0.2) is 57.1 Å². The molecule has 1 spiro atoms. The third-order valence-corrected chi connectivity index (χ3v) is 5.41. The molecule has 0 aliphatic carbocycles. The van der Waals surface area contributed by atoms with Gasteiger partial charge in [0.25, 0.3) is 5.91 Å². The van der Waals surface area contributed by atoms with Crippen LogP contribution < -0.4 is 0 Å². The maximum atomic E-state index is 12.7. The summed E-state index contributed by atoms with van der Waals surface area (Å²) >= 11 is 0. The van der Waals surface area contributed by atoms with E-state index in [9.17, 15) is 4.79 Å². The van der Waals surface area contributed by atoms with Gasteiger partial charge in [-0.1, -0.05) is 6.07 Å². The number of aromatic nitrogens is 3. The lowest BCUT2D eigenvalue weighted by Crippen LogP contribution is -2.45. The Morgan fingerprint density at radius 1 is 1.08 bits per heavy atom. The van der Waals surface area contributed by atoms with Crippen LogP contribution in [0.1, 0.15) is 35.3 Å². The molecule has 2 aliphatic rings. The van der Waals surface area contributed by atoms with Gasteiger partial charge in [0, 0.05) is 37.8 Å². The van der Waals surface area contributed by atoms with Crippen LogP contribution in [0.2, 0.25) is 0 Å². The van der Waals surface area contributed by atoms with Gasteiger partial charge in [0.05, 0.1) is 23.7 Å². The molecule has 1 atom stereocenters. The maximum Gasteiger partial charge on any atom is 0.255 e. The Labute approximate surface area is 147 Å². The van der Waals surface area contributed by atoms with Gasteiger partial charge in [-0.3, -0.25) is 14.7 Å². The number of piperidine rings is 1. The molecule has 0 aromatic carbocycles. The molecular weight excluding hydrogens is 314 g/mol. The monoisotopic (exact) mass is 337 g/mol. The Kier molecular flexibility index (Phi) is 4.44. The summed E-state index contributed by atoms with van der Waals surface area (Å²) in [5.74, 6) is 0.0774. The second-order valence-corrected chi connectivity index (χ2v) is 7.24. The molecule has 6 heteroatoms. The van der Waals surface area contributed by atoms with Gasteiger partial charge in [0.1, 0.15) is 0 Å². The van der Waals surface area contributed by atoms with E-state index in [2.05, 4.69) is 26.1 Å². The zero-order valence-corrected chi connectivity index (χ0v) is 14.3. The molecule has 0 saturated carbocycles. The minimum absolute atomic E-state index is 0.0774. The van der Waals surface area contributed by atoms with Crippen molar-refractivity contribution >= 4 is 5.91 Å². The van der Waals surface area contributed by atoms with Crippen molar-refractivity contribution in [2.45, 2.75) is 25.8 Å². The summed E-state index contributed by atoms with van der Waals surface area (Å²) in [6.45, 7) is 4.72. The van der Waals surface area contributed by atoms with Crippen molar-refractivity contribution in [3.8, 4) is 0 Å². The highest BCUT2D eigenvalue weighted by atomic mass is 16.2. The standard InChI is InChI=1S/C19H23N5O/c25-18(16-5-9-21-22-12-16)24-11-7-19(15-24)6-3-10-23(14-19)13-17-4-1-2-8-20-17/h1-2,4-5,8-9,12H,3,6-7,10-11,13-15H2/t19-/m1/s1. The first-order valence-electron chi connectivity index (χ1n) is 8.92. The molecule has 1 amide bonds. The van der Waals surface area contributed by atoms with Crippen LogP contribution in [-0.2, 0) is 6.54 Å². The Morgan fingerprint density at radius 2 is 2.04 bits per heavy atom. The number of hydrogen-bond donors (Lipinski definition) is 0. The van der Waals surface area contributed by atoms with Crippen LogP contribution in [0.15, 0.2) is 42.9 Å². The van der Waals surface area contributed by atoms with Gasteiger partial charge in [-0.05, 0) is 44.0 Å². The average Bonchev–Trinajstić information content (AvgIpc) is 3.06. The number of likely N-dealkylation sites (tertiary alicyclic amines) is 2. The van der Waals surface area contributed by atoms with E-state index in [1.54, 1.807) is 18.5 Å². The summed E-state index contributed by atoms with van der Waals surface area (Å²) in [7, 11) is 0. The van der Waals surface area contributed by atoms with Gasteiger partial charge >= 0.3 is 0 Å². The van der Waals surface area contributed by atoms with Crippen molar-refractivity contribution in [3.05, 3.63) is 54.1 Å². The topological polar surface area (TPSA) is 62.2 Å². The van der Waals surface area contributed by atoms with Gasteiger partial charge in [-0.25, -0.2) is 0 Å². The summed E-state index contributed by atoms with van der Waals surface area (Å²) < 4.78 is 0. The number of nitrogens with zero attached hydrogens (tertiary/aromatic N) is 5. The molecule has 0 N–H and O–H groups in total. The van der Waals surface area contributed by atoms with Crippen molar-refractivity contribution in [3.63, 3.8) is 0 Å². The largest absolute Gasteiger partial charge is 0.338 e. The zero-order valence-electron chi connectivity index (χ0n) is 14.3. The highest BCUT2D eigenvalue weighted by molar-refractivity contribution is 5.94. The van der Waals surface area contributed by atoms with Gasteiger partial charge < -0.3 is 4.90 Å². The Morgan fingerprint density at radius 3 is 2.84 bits per heavy atom. The molecule has 2 aliphatic heterocycles.